The number of hydrogen-bond acceptors (Lipinski definition) is 5. The van der Waals surface area contributed by atoms with E-state index in [0.29, 0.717) is 24.0 Å². The summed E-state index contributed by atoms with van der Waals surface area (Å²) in [6.45, 7) is 3.91. The minimum absolute atomic E-state index is 0.497. The first-order valence-electron chi connectivity index (χ1n) is 7.16. The largest absolute Gasteiger partial charge is 0.480 e. The van der Waals surface area contributed by atoms with Crippen molar-refractivity contribution in [3.63, 3.8) is 0 Å². The second kappa shape index (κ2) is 6.50. The zero-order valence-electron chi connectivity index (χ0n) is 13.1. The Labute approximate surface area is 142 Å². The third-order valence-corrected chi connectivity index (χ3v) is 3.93. The number of halogens is 1. The third kappa shape index (κ3) is 3.42. The SMILES string of the molecule is COc1nc(C)cc(C)c1-c1noc(Cc2cccc(Br)c2)n1. The molecule has 0 saturated carbocycles. The van der Waals surface area contributed by atoms with Crippen LogP contribution in [0, 0.1) is 13.8 Å². The second-order valence-corrected chi connectivity index (χ2v) is 6.20. The van der Waals surface area contributed by atoms with E-state index in [1.807, 2.05) is 44.2 Å². The highest BCUT2D eigenvalue weighted by Gasteiger charge is 2.18. The third-order valence-electron chi connectivity index (χ3n) is 3.44. The van der Waals surface area contributed by atoms with Crippen LogP contribution in [0.1, 0.15) is 22.7 Å². The van der Waals surface area contributed by atoms with Crippen LogP contribution in [0.3, 0.4) is 0 Å². The van der Waals surface area contributed by atoms with Crippen molar-refractivity contribution >= 4 is 15.9 Å². The lowest BCUT2D eigenvalue weighted by atomic mass is 10.1. The fourth-order valence-corrected chi connectivity index (χ4v) is 2.92. The predicted molar refractivity (Wildman–Crippen MR) is 90.5 cm³/mol. The van der Waals surface area contributed by atoms with E-state index >= 15 is 0 Å². The van der Waals surface area contributed by atoms with Crippen molar-refractivity contribution in [1.29, 1.82) is 0 Å². The molecule has 0 aliphatic carbocycles. The van der Waals surface area contributed by atoms with Gasteiger partial charge in [0.1, 0.15) is 0 Å². The highest BCUT2D eigenvalue weighted by molar-refractivity contribution is 9.10. The second-order valence-electron chi connectivity index (χ2n) is 5.28. The zero-order valence-corrected chi connectivity index (χ0v) is 14.7. The minimum Gasteiger partial charge on any atom is -0.480 e. The molecule has 0 unspecified atom stereocenters. The van der Waals surface area contributed by atoms with Gasteiger partial charge in [0, 0.05) is 10.2 Å². The maximum atomic E-state index is 5.39. The van der Waals surface area contributed by atoms with Crippen LogP contribution in [-0.2, 0) is 6.42 Å². The number of rotatable bonds is 4. The molecule has 2 aromatic heterocycles. The van der Waals surface area contributed by atoms with Crippen LogP contribution in [0.2, 0.25) is 0 Å². The molecular weight excluding hydrogens is 358 g/mol. The van der Waals surface area contributed by atoms with Crippen molar-refractivity contribution in [2.75, 3.05) is 7.11 Å². The van der Waals surface area contributed by atoms with Crippen molar-refractivity contribution in [2.24, 2.45) is 0 Å². The molecule has 5 nitrogen and oxygen atoms in total. The van der Waals surface area contributed by atoms with Gasteiger partial charge in [-0.15, -0.1) is 0 Å². The van der Waals surface area contributed by atoms with Gasteiger partial charge in [0.15, 0.2) is 0 Å². The van der Waals surface area contributed by atoms with Crippen molar-refractivity contribution in [1.82, 2.24) is 15.1 Å². The molecule has 0 N–H and O–H groups in total. The summed E-state index contributed by atoms with van der Waals surface area (Å²) >= 11 is 3.46. The molecule has 0 spiro atoms. The number of ether oxygens (including phenoxy) is 1. The molecule has 118 valence electrons. The Morgan fingerprint density at radius 3 is 2.74 bits per heavy atom. The Morgan fingerprint density at radius 1 is 1.17 bits per heavy atom. The van der Waals surface area contributed by atoms with Crippen molar-refractivity contribution in [3.8, 4) is 17.3 Å². The van der Waals surface area contributed by atoms with Crippen molar-refractivity contribution < 1.29 is 9.26 Å². The number of nitrogens with zero attached hydrogens (tertiary/aromatic N) is 3. The molecule has 0 aliphatic rings. The van der Waals surface area contributed by atoms with Gasteiger partial charge in [-0.25, -0.2) is 4.98 Å². The Bertz CT molecular complexity index is 846. The lowest BCUT2D eigenvalue weighted by Gasteiger charge is -2.08. The van der Waals surface area contributed by atoms with E-state index in [4.69, 9.17) is 9.26 Å². The molecule has 1 aromatic carbocycles. The lowest BCUT2D eigenvalue weighted by molar-refractivity contribution is 0.383. The van der Waals surface area contributed by atoms with Crippen LogP contribution < -0.4 is 4.74 Å². The molecule has 0 saturated heterocycles. The zero-order chi connectivity index (χ0) is 16.4. The van der Waals surface area contributed by atoms with E-state index in [-0.39, 0.29) is 0 Å². The van der Waals surface area contributed by atoms with Crippen molar-refractivity contribution in [2.45, 2.75) is 20.3 Å². The van der Waals surface area contributed by atoms with E-state index < -0.39 is 0 Å². The predicted octanol–water partition coefficient (Wildman–Crippen LogP) is 4.11. The van der Waals surface area contributed by atoms with Crippen LogP contribution in [0.4, 0.5) is 0 Å². The Kier molecular flexibility index (Phi) is 4.43. The van der Waals surface area contributed by atoms with E-state index in [1.165, 1.54) is 0 Å². The lowest BCUT2D eigenvalue weighted by Crippen LogP contribution is -1.98. The molecule has 0 amide bonds. The van der Waals surface area contributed by atoms with Gasteiger partial charge in [-0.05, 0) is 43.2 Å². The monoisotopic (exact) mass is 373 g/mol. The molecule has 3 rings (SSSR count). The summed E-state index contributed by atoms with van der Waals surface area (Å²) < 4.78 is 11.8. The highest BCUT2D eigenvalue weighted by Crippen LogP contribution is 2.30. The van der Waals surface area contributed by atoms with Crippen LogP contribution >= 0.6 is 15.9 Å². The van der Waals surface area contributed by atoms with Crippen LogP contribution in [0.5, 0.6) is 5.88 Å². The Morgan fingerprint density at radius 2 is 2.00 bits per heavy atom. The number of methoxy groups -OCH3 is 1. The van der Waals surface area contributed by atoms with Gasteiger partial charge < -0.3 is 9.26 Å². The van der Waals surface area contributed by atoms with Crippen LogP contribution in [0.25, 0.3) is 11.4 Å². The number of aromatic nitrogens is 3. The van der Waals surface area contributed by atoms with Crippen molar-refractivity contribution in [3.05, 3.63) is 57.5 Å². The summed E-state index contributed by atoms with van der Waals surface area (Å²) in [4.78, 5) is 8.88. The summed E-state index contributed by atoms with van der Waals surface area (Å²) in [5, 5.41) is 4.09. The van der Waals surface area contributed by atoms with Gasteiger partial charge in [0.25, 0.3) is 0 Å². The van der Waals surface area contributed by atoms with Gasteiger partial charge in [0.2, 0.25) is 17.6 Å². The number of benzene rings is 1. The summed E-state index contributed by atoms with van der Waals surface area (Å²) in [5.74, 6) is 1.56. The first-order chi connectivity index (χ1) is 11.1. The fourth-order valence-electron chi connectivity index (χ4n) is 2.47. The van der Waals surface area contributed by atoms with Gasteiger partial charge >= 0.3 is 0 Å². The molecule has 0 aliphatic heterocycles. The Balaban J connectivity index is 1.93. The fraction of sp³-hybridized carbons (Fsp3) is 0.235. The van der Waals surface area contributed by atoms with E-state index in [0.717, 1.165) is 26.9 Å². The van der Waals surface area contributed by atoms with E-state index in [1.54, 1.807) is 7.11 Å². The average Bonchev–Trinajstić information content (AvgIpc) is 2.94. The van der Waals surface area contributed by atoms with Gasteiger partial charge in [-0.1, -0.05) is 33.2 Å². The van der Waals surface area contributed by atoms with Crippen LogP contribution in [-0.4, -0.2) is 22.2 Å². The quantitative estimate of drug-likeness (QED) is 0.688. The Hall–Kier alpha value is -2.21. The average molecular weight is 374 g/mol. The maximum absolute atomic E-state index is 5.39. The first kappa shape index (κ1) is 15.7. The first-order valence-corrected chi connectivity index (χ1v) is 7.95. The number of hydrogen-bond donors (Lipinski definition) is 0. The number of pyridine rings is 1. The normalized spacial score (nSPS) is 10.8. The molecule has 2 heterocycles. The molecule has 0 fully saturated rings. The highest BCUT2D eigenvalue weighted by atomic mass is 79.9. The molecule has 0 radical (unpaired) electrons. The number of aryl methyl sites for hydroxylation is 2. The van der Waals surface area contributed by atoms with Crippen LogP contribution in [0.15, 0.2) is 39.3 Å². The molecule has 23 heavy (non-hydrogen) atoms. The topological polar surface area (TPSA) is 61.0 Å². The molecule has 0 bridgehead atoms. The van der Waals surface area contributed by atoms with E-state index in [2.05, 4.69) is 31.1 Å². The maximum Gasteiger partial charge on any atom is 0.231 e. The van der Waals surface area contributed by atoms with Gasteiger partial charge in [0.05, 0.1) is 19.1 Å². The molecule has 3 aromatic rings. The molecule has 0 atom stereocenters. The smallest absolute Gasteiger partial charge is 0.231 e. The summed E-state index contributed by atoms with van der Waals surface area (Å²) in [7, 11) is 1.59. The van der Waals surface area contributed by atoms with E-state index in [9.17, 15) is 0 Å². The van der Waals surface area contributed by atoms with Gasteiger partial charge in [-0.3, -0.25) is 0 Å². The minimum atomic E-state index is 0.497. The molecular formula is C17H16BrN3O2. The summed E-state index contributed by atoms with van der Waals surface area (Å²) in [6.07, 6.45) is 0.576. The summed E-state index contributed by atoms with van der Waals surface area (Å²) in [6, 6.07) is 9.99. The molecule has 6 heteroatoms. The standard InChI is InChI=1S/C17H16BrN3O2/c1-10-7-11(2)19-17(22-3)15(10)16-20-14(23-21-16)9-12-5-4-6-13(18)8-12/h4-8H,9H2,1-3H3. The van der Waals surface area contributed by atoms with Gasteiger partial charge in [-0.2, -0.15) is 4.98 Å². The summed E-state index contributed by atoms with van der Waals surface area (Å²) in [5.41, 5.74) is 3.76.